The van der Waals surface area contributed by atoms with Gasteiger partial charge >= 0.3 is 5.97 Å². The van der Waals surface area contributed by atoms with Gasteiger partial charge in [0.1, 0.15) is 0 Å². The Bertz CT molecular complexity index is 538. The Morgan fingerprint density at radius 3 is 2.45 bits per heavy atom. The summed E-state index contributed by atoms with van der Waals surface area (Å²) in [4.78, 5) is 23.5. The first-order valence-corrected chi connectivity index (χ1v) is 6.51. The van der Waals surface area contributed by atoms with Crippen LogP contribution in [0.3, 0.4) is 0 Å². The van der Waals surface area contributed by atoms with Gasteiger partial charge in [-0.1, -0.05) is 30.4 Å². The number of allylic oxidation sites excluding steroid dienone is 2. The molecule has 2 rings (SSSR count). The second-order valence-electron chi connectivity index (χ2n) is 4.80. The summed E-state index contributed by atoms with van der Waals surface area (Å²) in [5, 5.41) is 21.1. The molecular weight excluding hydrogens is 258 g/mol. The smallest absolute Gasteiger partial charge is 0.307 e. The number of hydrogen-bond donors (Lipinski definition) is 3. The number of nitrogens with one attached hydrogen (secondary N) is 1. The Morgan fingerprint density at radius 2 is 1.80 bits per heavy atom. The fraction of sp³-hybridized carbons (Fsp3) is 0.333. The number of aliphatic carboxylic acids is 1. The molecule has 0 fully saturated rings. The lowest BCUT2D eigenvalue weighted by Crippen LogP contribution is -2.34. The van der Waals surface area contributed by atoms with Crippen LogP contribution in [0.5, 0.6) is 0 Å². The summed E-state index contributed by atoms with van der Waals surface area (Å²) in [6.07, 6.45) is 4.42. The molecule has 2 atom stereocenters. The van der Waals surface area contributed by atoms with Crippen molar-refractivity contribution in [1.82, 2.24) is 0 Å². The molecule has 0 saturated heterocycles. The van der Waals surface area contributed by atoms with Crippen molar-refractivity contribution >= 4 is 17.6 Å². The van der Waals surface area contributed by atoms with Crippen LogP contribution in [0.1, 0.15) is 18.4 Å². The molecule has 5 nitrogen and oxygen atoms in total. The average molecular weight is 275 g/mol. The molecule has 0 saturated carbocycles. The van der Waals surface area contributed by atoms with Gasteiger partial charge in [-0.3, -0.25) is 9.59 Å². The van der Waals surface area contributed by atoms with Gasteiger partial charge in [0, 0.05) is 11.3 Å². The minimum Gasteiger partial charge on any atom is -0.481 e. The van der Waals surface area contributed by atoms with Crippen LogP contribution in [0, 0.1) is 11.8 Å². The Labute approximate surface area is 116 Å². The summed E-state index contributed by atoms with van der Waals surface area (Å²) in [7, 11) is 0. The van der Waals surface area contributed by atoms with Crippen molar-refractivity contribution in [2.24, 2.45) is 11.8 Å². The number of rotatable bonds is 4. The van der Waals surface area contributed by atoms with E-state index in [1.54, 1.807) is 30.3 Å². The fourth-order valence-corrected chi connectivity index (χ4v) is 2.38. The van der Waals surface area contributed by atoms with E-state index < -0.39 is 17.8 Å². The third kappa shape index (κ3) is 3.05. The predicted octanol–water partition coefficient (Wildman–Crippen LogP) is 1.78. The highest BCUT2D eigenvalue weighted by molar-refractivity contribution is 5.96. The van der Waals surface area contributed by atoms with Crippen molar-refractivity contribution < 1.29 is 19.8 Å². The molecular formula is C15H17NO4. The van der Waals surface area contributed by atoms with Crippen molar-refractivity contribution in [3.8, 4) is 0 Å². The second kappa shape index (κ2) is 6.34. The Balaban J connectivity index is 2.14. The van der Waals surface area contributed by atoms with Gasteiger partial charge in [-0.25, -0.2) is 0 Å². The van der Waals surface area contributed by atoms with Crippen molar-refractivity contribution in [1.29, 1.82) is 0 Å². The number of carbonyl (C=O) groups is 2. The average Bonchev–Trinajstić information content (AvgIpc) is 2.47. The number of anilines is 1. The molecule has 0 aromatic heterocycles. The minimum absolute atomic E-state index is 0.177. The highest BCUT2D eigenvalue weighted by Gasteiger charge is 2.34. The lowest BCUT2D eigenvalue weighted by Gasteiger charge is -2.24. The number of aliphatic hydroxyl groups excluding tert-OH is 1. The molecule has 106 valence electrons. The van der Waals surface area contributed by atoms with Gasteiger partial charge < -0.3 is 15.5 Å². The zero-order valence-corrected chi connectivity index (χ0v) is 11.0. The van der Waals surface area contributed by atoms with Crippen molar-refractivity contribution in [2.75, 3.05) is 5.32 Å². The molecule has 0 aliphatic heterocycles. The molecule has 0 heterocycles. The predicted molar refractivity (Wildman–Crippen MR) is 74.0 cm³/mol. The lowest BCUT2D eigenvalue weighted by atomic mass is 9.82. The zero-order chi connectivity index (χ0) is 14.5. The SMILES string of the molecule is O=C(O)C1CC=CCC1C(=O)Nc1ccccc1CO. The first kappa shape index (κ1) is 14.3. The molecule has 5 heteroatoms. The molecule has 0 bridgehead atoms. The molecule has 2 unspecified atom stereocenters. The molecule has 3 N–H and O–H groups in total. The van der Waals surface area contributed by atoms with E-state index in [0.29, 0.717) is 24.1 Å². The normalized spacial score (nSPS) is 21.4. The molecule has 1 aromatic carbocycles. The Kier molecular flexibility index (Phi) is 4.53. The van der Waals surface area contributed by atoms with Crippen LogP contribution in [-0.4, -0.2) is 22.1 Å². The number of hydrogen-bond acceptors (Lipinski definition) is 3. The highest BCUT2D eigenvalue weighted by Crippen LogP contribution is 2.27. The van der Waals surface area contributed by atoms with E-state index >= 15 is 0 Å². The number of aliphatic hydroxyl groups is 1. The number of para-hydroxylation sites is 1. The number of carbonyl (C=O) groups excluding carboxylic acids is 1. The summed E-state index contributed by atoms with van der Waals surface area (Å²) in [6, 6.07) is 6.93. The van der Waals surface area contributed by atoms with Crippen LogP contribution in [0.25, 0.3) is 0 Å². The van der Waals surface area contributed by atoms with Crippen molar-refractivity contribution in [2.45, 2.75) is 19.4 Å². The van der Waals surface area contributed by atoms with Crippen LogP contribution in [0.15, 0.2) is 36.4 Å². The van der Waals surface area contributed by atoms with Gasteiger partial charge in [0.2, 0.25) is 5.91 Å². The minimum atomic E-state index is -0.954. The van der Waals surface area contributed by atoms with Crippen LogP contribution < -0.4 is 5.32 Å². The van der Waals surface area contributed by atoms with E-state index in [4.69, 9.17) is 0 Å². The first-order chi connectivity index (χ1) is 9.63. The number of carboxylic acids is 1. The number of amides is 1. The third-order valence-corrected chi connectivity index (χ3v) is 3.53. The van der Waals surface area contributed by atoms with Crippen LogP contribution in [0.4, 0.5) is 5.69 Å². The molecule has 1 aliphatic rings. The summed E-state index contributed by atoms with van der Waals surface area (Å²) in [5.41, 5.74) is 1.14. The van der Waals surface area contributed by atoms with E-state index in [1.807, 2.05) is 6.08 Å². The largest absolute Gasteiger partial charge is 0.481 e. The van der Waals surface area contributed by atoms with Crippen LogP contribution >= 0.6 is 0 Å². The maximum atomic E-state index is 12.3. The van der Waals surface area contributed by atoms with Gasteiger partial charge in [0.25, 0.3) is 0 Å². The van der Waals surface area contributed by atoms with Crippen molar-refractivity contribution in [3.05, 3.63) is 42.0 Å². The van der Waals surface area contributed by atoms with E-state index in [-0.39, 0.29) is 12.5 Å². The van der Waals surface area contributed by atoms with E-state index in [0.717, 1.165) is 0 Å². The fourth-order valence-electron chi connectivity index (χ4n) is 2.38. The van der Waals surface area contributed by atoms with E-state index in [2.05, 4.69) is 5.32 Å². The summed E-state index contributed by atoms with van der Waals surface area (Å²) in [5.74, 6) is -2.54. The van der Waals surface area contributed by atoms with E-state index in [1.165, 1.54) is 0 Å². The van der Waals surface area contributed by atoms with Gasteiger partial charge in [-0.2, -0.15) is 0 Å². The molecule has 1 aliphatic carbocycles. The van der Waals surface area contributed by atoms with E-state index in [9.17, 15) is 19.8 Å². The molecule has 0 radical (unpaired) electrons. The van der Waals surface area contributed by atoms with Crippen LogP contribution in [0.2, 0.25) is 0 Å². The van der Waals surface area contributed by atoms with Gasteiger partial charge in [0.15, 0.2) is 0 Å². The molecule has 20 heavy (non-hydrogen) atoms. The van der Waals surface area contributed by atoms with Gasteiger partial charge in [-0.05, 0) is 18.9 Å². The number of carboxylic acid groups (broad SMARTS) is 1. The summed E-state index contributed by atoms with van der Waals surface area (Å²) in [6.45, 7) is -0.177. The van der Waals surface area contributed by atoms with Crippen molar-refractivity contribution in [3.63, 3.8) is 0 Å². The quantitative estimate of drug-likeness (QED) is 0.731. The Morgan fingerprint density at radius 1 is 1.15 bits per heavy atom. The Hall–Kier alpha value is -2.14. The zero-order valence-electron chi connectivity index (χ0n) is 11.0. The summed E-state index contributed by atoms with van der Waals surface area (Å²) < 4.78 is 0. The summed E-state index contributed by atoms with van der Waals surface area (Å²) >= 11 is 0. The molecule has 1 amide bonds. The van der Waals surface area contributed by atoms with Gasteiger partial charge in [0.05, 0.1) is 18.4 Å². The third-order valence-electron chi connectivity index (χ3n) is 3.53. The standard InChI is InChI=1S/C15H17NO4/c17-9-10-5-1-4-8-13(10)16-14(18)11-6-2-3-7-12(11)15(19)20/h1-5,8,11-12,17H,6-7,9H2,(H,16,18)(H,19,20). The second-order valence-corrected chi connectivity index (χ2v) is 4.80. The maximum absolute atomic E-state index is 12.3. The maximum Gasteiger partial charge on any atom is 0.307 e. The topological polar surface area (TPSA) is 86.6 Å². The molecule has 1 aromatic rings. The molecule has 0 spiro atoms. The number of benzene rings is 1. The lowest BCUT2D eigenvalue weighted by molar-refractivity contribution is -0.146. The highest BCUT2D eigenvalue weighted by atomic mass is 16.4. The monoisotopic (exact) mass is 275 g/mol. The first-order valence-electron chi connectivity index (χ1n) is 6.51. The van der Waals surface area contributed by atoms with Gasteiger partial charge in [-0.15, -0.1) is 0 Å². The van der Waals surface area contributed by atoms with Crippen LogP contribution in [-0.2, 0) is 16.2 Å².